The molecule has 0 radical (unpaired) electrons. The number of amides is 2. The number of nitrogens with zero attached hydrogens (tertiary/aromatic N) is 16. The number of aliphatic hydroxyl groups excluding tert-OH is 1. The lowest BCUT2D eigenvalue weighted by Gasteiger charge is -2.38. The number of aliphatic hydroxyl groups is 1. The van der Waals surface area contributed by atoms with Crippen LogP contribution in [0.5, 0.6) is 5.88 Å². The van der Waals surface area contributed by atoms with Crippen LogP contribution in [0, 0.1) is 0 Å². The average molecular weight is 1330 g/mol. The zero-order chi connectivity index (χ0) is 61.8. The van der Waals surface area contributed by atoms with Gasteiger partial charge < -0.3 is 34.2 Å². The lowest BCUT2D eigenvalue weighted by molar-refractivity contribution is -0.167. The van der Waals surface area contributed by atoms with E-state index in [2.05, 4.69) is 66.2 Å². The largest absolute Gasteiger partial charge is 0.470 e. The van der Waals surface area contributed by atoms with Crippen LogP contribution in [0.2, 0.25) is 10.3 Å². The van der Waals surface area contributed by atoms with Crippen molar-refractivity contribution in [3.8, 4) is 17.3 Å². The summed E-state index contributed by atoms with van der Waals surface area (Å²) >= 11 is 13.3. The molecular weight excluding hydrogens is 1280 g/mol. The van der Waals surface area contributed by atoms with Gasteiger partial charge in [-0.15, -0.1) is 0 Å². The van der Waals surface area contributed by atoms with E-state index in [0.717, 1.165) is 25.2 Å². The second-order valence-corrected chi connectivity index (χ2v) is 19.6. The number of carbonyl (C=O) groups excluding carboxylic acids is 3. The molecule has 4 atom stereocenters. The normalized spacial score (nSPS) is 16.6. The predicted molar refractivity (Wildman–Crippen MR) is 303 cm³/mol. The second kappa shape index (κ2) is 30.3. The minimum atomic E-state index is -4.68. The Morgan fingerprint density at radius 3 is 1.52 bits per heavy atom. The van der Waals surface area contributed by atoms with E-state index in [9.17, 15) is 59.0 Å². The van der Waals surface area contributed by atoms with Crippen LogP contribution in [0.4, 0.5) is 45.3 Å². The smallest absolute Gasteiger partial charge is 0.450 e. The first kappa shape index (κ1) is 69.4. The molecule has 87 heavy (non-hydrogen) atoms. The molecule has 2 saturated heterocycles. The minimum absolute atomic E-state index is 0. The van der Waals surface area contributed by atoms with Gasteiger partial charge >= 0.3 is 18.5 Å². The zero-order valence-corrected chi connectivity index (χ0v) is 47.3. The summed E-state index contributed by atoms with van der Waals surface area (Å²) in [6.07, 6.45) is 4.53. The molecule has 466 valence electrons. The number of piperidine rings is 2. The number of carbonyl (C=O) groups is 3. The fourth-order valence-corrected chi connectivity index (χ4v) is 8.80. The van der Waals surface area contributed by atoms with Crippen LogP contribution >= 0.6 is 39.1 Å². The number of fused-ring (bicyclic) bond motifs is 2. The van der Waals surface area contributed by atoms with Crippen molar-refractivity contribution in [2.75, 3.05) is 24.2 Å². The van der Waals surface area contributed by atoms with E-state index in [1.165, 1.54) is 68.0 Å². The molecule has 0 saturated carbocycles. The minimum Gasteiger partial charge on any atom is -0.470 e. The summed E-state index contributed by atoms with van der Waals surface area (Å²) in [5.41, 5.74) is 5.38. The highest BCUT2D eigenvalue weighted by atomic mass is 79.9. The van der Waals surface area contributed by atoms with Gasteiger partial charge in [-0.05, 0) is 63.8 Å². The summed E-state index contributed by atoms with van der Waals surface area (Å²) in [5, 5.41) is 25.8. The van der Waals surface area contributed by atoms with E-state index in [1.807, 2.05) is 32.0 Å². The van der Waals surface area contributed by atoms with E-state index in [1.54, 1.807) is 52.5 Å². The van der Waals surface area contributed by atoms with Crippen LogP contribution in [0.1, 0.15) is 86.5 Å². The van der Waals surface area contributed by atoms with Crippen LogP contribution in [-0.2, 0) is 17.1 Å². The number of anilines is 1. The average Bonchev–Trinajstić information content (AvgIpc) is 1.98. The Morgan fingerprint density at radius 2 is 1.07 bits per heavy atom. The SMILES string of the molecule is C.C.C[C@@H]1CC[C@@H](O)CN1C(=O)c1ccccc1-n1nccn1.C[C@@H]1CC[C@@H](Oc2nccn3cc(C(F)(F)F)nc23)CN1C(=O)c1ccccc1-n1nccn1.FC(F)(F)c1cn2ccnc(Cl)c2n1.Nc1nccnc1Cl.O=C(CBr)C(F)(F)F. The second-order valence-electron chi connectivity index (χ2n) is 18.3. The number of β-amino-alcohol motifs (C(OH)–C–C–N with tert-alkyl or cyclic N) is 1. The third-order valence-corrected chi connectivity index (χ3v) is 13.5. The zero-order valence-electron chi connectivity index (χ0n) is 44.2. The highest BCUT2D eigenvalue weighted by Gasteiger charge is 2.38. The van der Waals surface area contributed by atoms with Crippen molar-refractivity contribution in [3.05, 3.63) is 156 Å². The topological polar surface area (TPSA) is 261 Å². The number of benzene rings is 2. The van der Waals surface area contributed by atoms with Gasteiger partial charge in [0.2, 0.25) is 11.4 Å². The van der Waals surface area contributed by atoms with Crippen molar-refractivity contribution in [3.63, 3.8) is 0 Å². The molecule has 9 heterocycles. The van der Waals surface area contributed by atoms with Crippen molar-refractivity contribution < 1.29 is 63.7 Å². The number of rotatable bonds is 7. The van der Waals surface area contributed by atoms with Crippen molar-refractivity contribution >= 4 is 73.8 Å². The summed E-state index contributed by atoms with van der Waals surface area (Å²) in [6, 6.07) is 14.4. The van der Waals surface area contributed by atoms with E-state index in [4.69, 9.17) is 33.7 Å². The number of ether oxygens (including phenoxy) is 1. The van der Waals surface area contributed by atoms with Gasteiger partial charge in [-0.3, -0.25) is 14.4 Å². The first-order valence-corrected chi connectivity index (χ1v) is 26.9. The van der Waals surface area contributed by atoms with Gasteiger partial charge in [0.05, 0.1) is 65.3 Å². The third-order valence-electron chi connectivity index (χ3n) is 12.4. The highest BCUT2D eigenvalue weighted by Crippen LogP contribution is 2.33. The van der Waals surface area contributed by atoms with E-state index in [0.29, 0.717) is 41.9 Å². The number of halogens is 12. The van der Waals surface area contributed by atoms with Crippen molar-refractivity contribution in [2.24, 2.45) is 0 Å². The number of hydrogen-bond donors (Lipinski definition) is 2. The molecule has 0 spiro atoms. The monoisotopic (exact) mass is 1330 g/mol. The number of hydrogen-bond acceptors (Lipinski definition) is 16. The predicted octanol–water partition coefficient (Wildman–Crippen LogP) is 10.6. The summed E-state index contributed by atoms with van der Waals surface area (Å²) in [6.45, 7) is 4.59. The molecule has 9 aromatic rings. The summed E-state index contributed by atoms with van der Waals surface area (Å²) < 4.78 is 118. The maximum atomic E-state index is 13.5. The molecule has 3 N–H and O–H groups in total. The number of imidazole rings is 2. The number of Topliss-reactive ketones (excluding diaryl/α,β-unsaturated/α-hetero) is 1. The molecule has 22 nitrogen and oxygen atoms in total. The first-order chi connectivity index (χ1) is 40.2. The van der Waals surface area contributed by atoms with Gasteiger partial charge in [-0.2, -0.15) is 69.5 Å². The Bertz CT molecular complexity index is 3670. The Kier molecular flexibility index (Phi) is 24.2. The van der Waals surface area contributed by atoms with Crippen LogP contribution in [0.3, 0.4) is 0 Å². The molecule has 0 bridgehead atoms. The molecule has 2 amide bonds. The molecule has 2 fully saturated rings. The lowest BCUT2D eigenvalue weighted by atomic mass is 9.99. The van der Waals surface area contributed by atoms with E-state index < -0.39 is 53.2 Å². The van der Waals surface area contributed by atoms with Crippen LogP contribution in [0.25, 0.3) is 22.7 Å². The van der Waals surface area contributed by atoms with Crippen molar-refractivity contribution in [1.82, 2.24) is 78.5 Å². The molecule has 11 rings (SSSR count). The standard InChI is InChI=1S/C22H20F3N7O2.C15H18N4O2.C7H3ClF3N3.C4H4ClN3.C3H2BrF3O.2CH4/c1-14-6-7-15(34-20-19-29-18(22(23,24)25)13-30(19)11-10-26-20)12-31(14)21(33)16-4-2-3-5-17(16)32-27-8-9-28-32;1-11-6-7-12(20)10-18(11)15(21)13-4-2-3-5-14(13)19-16-8-9-17-19;8-5-6-13-4(7(9,10)11)3-14(6)2-1-12-5;5-3-4(6)8-2-1-7-3;4-1-2(8)3(5,6)7;;/h2-5,8-11,13-15H,6-7,12H2,1H3;2-5,8-9,11-12,20H,6-7,10H2,1H3;1-3H;1-2H,(H2,6,8);1H2;2*1H4/t14-,15-;11-,12-;;;;;/m11...../s1. The van der Waals surface area contributed by atoms with Gasteiger partial charge in [0.15, 0.2) is 33.2 Å². The highest BCUT2D eigenvalue weighted by molar-refractivity contribution is 9.09. The number of para-hydroxylation sites is 2. The molecule has 2 aliphatic heterocycles. The maximum absolute atomic E-state index is 13.5. The fourth-order valence-electron chi connectivity index (χ4n) is 8.18. The molecular formula is C53H55BrCl2F9N17O5. The third kappa shape index (κ3) is 18.1. The van der Waals surface area contributed by atoms with Crippen LogP contribution in [0.15, 0.2) is 123 Å². The maximum Gasteiger partial charge on any atom is 0.450 e. The number of ketones is 1. The van der Waals surface area contributed by atoms with Gasteiger partial charge in [-0.25, -0.2) is 29.9 Å². The Labute approximate surface area is 508 Å². The van der Waals surface area contributed by atoms with Crippen LogP contribution < -0.4 is 10.5 Å². The molecule has 0 unspecified atom stereocenters. The number of aromatic nitrogens is 14. The molecule has 34 heteroatoms. The van der Waals surface area contributed by atoms with E-state index >= 15 is 0 Å². The molecule has 0 aliphatic carbocycles. The van der Waals surface area contributed by atoms with Crippen LogP contribution in [-0.4, -0.2) is 150 Å². The van der Waals surface area contributed by atoms with Gasteiger partial charge in [0, 0.05) is 68.2 Å². The number of alkyl halides is 10. The summed E-state index contributed by atoms with van der Waals surface area (Å²) in [4.78, 5) is 64.3. The van der Waals surface area contributed by atoms with Gasteiger partial charge in [0.25, 0.3) is 17.7 Å². The fraction of sp³-hybridized carbons (Fsp3) is 0.340. The Morgan fingerprint density at radius 1 is 0.621 bits per heavy atom. The lowest BCUT2D eigenvalue weighted by Crippen LogP contribution is -2.49. The van der Waals surface area contributed by atoms with Gasteiger partial charge in [-0.1, -0.05) is 78.3 Å². The Balaban J connectivity index is 0.000000222. The number of nitrogens with two attached hydrogens (primary N) is 1. The first-order valence-electron chi connectivity index (χ1n) is 25.0. The van der Waals surface area contributed by atoms with Crippen molar-refractivity contribution in [1.29, 1.82) is 0 Å². The van der Waals surface area contributed by atoms with Crippen molar-refractivity contribution in [2.45, 2.75) is 97.2 Å². The molecule has 2 aromatic carbocycles. The van der Waals surface area contributed by atoms with Gasteiger partial charge in [0.1, 0.15) is 6.10 Å². The summed E-state index contributed by atoms with van der Waals surface area (Å²) in [5.74, 6) is -1.79. The number of likely N-dealkylation sites (tertiary alicyclic amines) is 2. The van der Waals surface area contributed by atoms with E-state index in [-0.39, 0.29) is 78.6 Å². The quantitative estimate of drug-likeness (QED) is 0.111. The number of nitrogen functional groups attached to an aromatic ring is 1. The molecule has 7 aromatic heterocycles. The summed E-state index contributed by atoms with van der Waals surface area (Å²) in [7, 11) is 0. The Hall–Kier alpha value is -8.36. The molecule has 2 aliphatic rings.